The molecule has 3 heterocycles. The lowest BCUT2D eigenvalue weighted by Crippen LogP contribution is -2.45. The van der Waals surface area contributed by atoms with E-state index < -0.39 is 0 Å². The average Bonchev–Trinajstić information content (AvgIpc) is 3.02. The number of fused-ring (bicyclic) bond motifs is 1. The molecule has 4 rings (SSSR count). The van der Waals surface area contributed by atoms with Gasteiger partial charge in [0.1, 0.15) is 11.6 Å². The summed E-state index contributed by atoms with van der Waals surface area (Å²) in [4.78, 5) is 23.8. The van der Waals surface area contributed by atoms with Crippen LogP contribution in [-0.2, 0) is 11.3 Å². The molecule has 1 amide bonds. The molecule has 0 unspecified atom stereocenters. The fourth-order valence-corrected chi connectivity index (χ4v) is 3.93. The van der Waals surface area contributed by atoms with Crippen LogP contribution < -0.4 is 10.2 Å². The maximum Gasteiger partial charge on any atom is 0.252 e. The molecule has 7 heteroatoms. The molecule has 0 saturated carbocycles. The number of morpholine rings is 1. The second kappa shape index (κ2) is 8.21. The van der Waals surface area contributed by atoms with Crippen molar-refractivity contribution >= 4 is 22.8 Å². The third kappa shape index (κ3) is 4.24. The van der Waals surface area contributed by atoms with E-state index in [2.05, 4.69) is 38.6 Å². The number of carbonyl (C=O) groups is 1. The third-order valence-corrected chi connectivity index (χ3v) is 5.22. The van der Waals surface area contributed by atoms with Crippen LogP contribution in [0.1, 0.15) is 30.0 Å². The molecule has 1 aromatic carbocycles. The van der Waals surface area contributed by atoms with Gasteiger partial charge in [-0.05, 0) is 45.0 Å². The van der Waals surface area contributed by atoms with Gasteiger partial charge in [0.15, 0.2) is 0 Å². The number of hydrogen-bond donors (Lipinski definition) is 1. The van der Waals surface area contributed by atoms with E-state index in [9.17, 15) is 4.79 Å². The van der Waals surface area contributed by atoms with E-state index in [0.717, 1.165) is 35.8 Å². The normalized spacial score (nSPS) is 19.5. The van der Waals surface area contributed by atoms with Gasteiger partial charge in [0, 0.05) is 32.4 Å². The predicted molar refractivity (Wildman–Crippen MR) is 113 cm³/mol. The molecule has 2 atom stereocenters. The zero-order chi connectivity index (χ0) is 20.4. The van der Waals surface area contributed by atoms with Crippen molar-refractivity contribution in [3.63, 3.8) is 0 Å². The highest BCUT2D eigenvalue weighted by Crippen LogP contribution is 2.18. The number of imidazole rings is 1. The summed E-state index contributed by atoms with van der Waals surface area (Å²) in [7, 11) is 0. The Bertz CT molecular complexity index is 988. The first-order valence-electron chi connectivity index (χ1n) is 10.1. The molecule has 2 aromatic heterocycles. The Morgan fingerprint density at radius 1 is 1.17 bits per heavy atom. The first-order chi connectivity index (χ1) is 14.0. The number of ether oxygens (including phenoxy) is 1. The van der Waals surface area contributed by atoms with Crippen molar-refractivity contribution in [1.82, 2.24) is 19.9 Å². The van der Waals surface area contributed by atoms with E-state index in [1.165, 1.54) is 0 Å². The Hall–Kier alpha value is -2.93. The summed E-state index contributed by atoms with van der Waals surface area (Å²) in [5.74, 6) is 1.71. The molecule has 0 radical (unpaired) electrons. The number of nitrogens with zero attached hydrogens (tertiary/aromatic N) is 4. The molecule has 7 nitrogen and oxygen atoms in total. The number of carbonyl (C=O) groups excluding carboxylic acids is 1. The van der Waals surface area contributed by atoms with Gasteiger partial charge in [-0.15, -0.1) is 0 Å². The minimum absolute atomic E-state index is 0.116. The minimum atomic E-state index is -0.116. The summed E-state index contributed by atoms with van der Waals surface area (Å²) in [6.07, 6.45) is 1.99. The molecule has 1 aliphatic heterocycles. The number of para-hydroxylation sites is 2. The number of amides is 1. The lowest BCUT2D eigenvalue weighted by Gasteiger charge is -2.36. The highest BCUT2D eigenvalue weighted by Gasteiger charge is 2.23. The Kier molecular flexibility index (Phi) is 5.49. The van der Waals surface area contributed by atoms with Gasteiger partial charge in [0.05, 0.1) is 28.8 Å². The van der Waals surface area contributed by atoms with Crippen LogP contribution in [-0.4, -0.2) is 52.3 Å². The van der Waals surface area contributed by atoms with Crippen molar-refractivity contribution in [3.05, 3.63) is 54.0 Å². The van der Waals surface area contributed by atoms with Crippen LogP contribution in [0.15, 0.2) is 42.6 Å². The molecular formula is C22H27N5O2. The maximum absolute atomic E-state index is 12.5. The number of pyridine rings is 1. The largest absolute Gasteiger partial charge is 0.372 e. The van der Waals surface area contributed by atoms with E-state index >= 15 is 0 Å². The number of hydrogen-bond acceptors (Lipinski definition) is 5. The van der Waals surface area contributed by atoms with Crippen molar-refractivity contribution in [2.24, 2.45) is 0 Å². The van der Waals surface area contributed by atoms with Crippen molar-refractivity contribution in [2.45, 2.75) is 39.5 Å². The molecule has 29 heavy (non-hydrogen) atoms. The average molecular weight is 393 g/mol. The van der Waals surface area contributed by atoms with Crippen molar-refractivity contribution in [1.29, 1.82) is 0 Å². The predicted octanol–water partition coefficient (Wildman–Crippen LogP) is 2.78. The zero-order valence-corrected chi connectivity index (χ0v) is 17.1. The van der Waals surface area contributed by atoms with Crippen LogP contribution in [0.4, 0.5) is 5.82 Å². The van der Waals surface area contributed by atoms with Gasteiger partial charge in [-0.25, -0.2) is 9.97 Å². The van der Waals surface area contributed by atoms with Crippen LogP contribution in [0.25, 0.3) is 11.0 Å². The van der Waals surface area contributed by atoms with Gasteiger partial charge in [-0.2, -0.15) is 0 Å². The van der Waals surface area contributed by atoms with Gasteiger partial charge in [0.25, 0.3) is 5.91 Å². The van der Waals surface area contributed by atoms with Crippen LogP contribution >= 0.6 is 0 Å². The van der Waals surface area contributed by atoms with E-state index in [1.807, 2.05) is 43.3 Å². The number of benzene rings is 1. The van der Waals surface area contributed by atoms with Crippen LogP contribution in [0, 0.1) is 6.92 Å². The number of anilines is 1. The molecule has 1 fully saturated rings. The molecule has 3 aromatic rings. The molecule has 0 spiro atoms. The summed E-state index contributed by atoms with van der Waals surface area (Å²) >= 11 is 0. The van der Waals surface area contributed by atoms with E-state index in [1.54, 1.807) is 6.20 Å². The zero-order valence-electron chi connectivity index (χ0n) is 17.1. The molecule has 1 aliphatic rings. The van der Waals surface area contributed by atoms with Crippen LogP contribution in [0.2, 0.25) is 0 Å². The number of rotatable bonds is 5. The number of nitrogens with one attached hydrogen (secondary N) is 1. The number of aromatic nitrogens is 3. The molecule has 1 saturated heterocycles. The minimum Gasteiger partial charge on any atom is -0.372 e. The van der Waals surface area contributed by atoms with Crippen LogP contribution in [0.5, 0.6) is 0 Å². The molecule has 0 aliphatic carbocycles. The molecular weight excluding hydrogens is 366 g/mol. The summed E-state index contributed by atoms with van der Waals surface area (Å²) in [5.41, 5.74) is 2.62. The molecule has 1 N–H and O–H groups in total. The lowest BCUT2D eigenvalue weighted by molar-refractivity contribution is -0.00546. The maximum atomic E-state index is 12.5. The van der Waals surface area contributed by atoms with Crippen LogP contribution in [0.3, 0.4) is 0 Å². The first kappa shape index (κ1) is 19.4. The second-order valence-electron chi connectivity index (χ2n) is 7.62. The summed E-state index contributed by atoms with van der Waals surface area (Å²) in [6.45, 7) is 8.93. The standard InChI is InChI=1S/C22H27N5O2/c1-15-13-26(14-16(2)29-15)21-9-8-18(12-24-21)22(28)23-10-11-27-17(3)25-19-6-4-5-7-20(19)27/h4-9,12,15-16H,10-11,13-14H2,1-3H3,(H,23,28)/t15-,16-/m0/s1. The summed E-state index contributed by atoms with van der Waals surface area (Å²) < 4.78 is 7.89. The fourth-order valence-electron chi connectivity index (χ4n) is 3.93. The van der Waals surface area contributed by atoms with E-state index in [-0.39, 0.29) is 18.1 Å². The molecule has 152 valence electrons. The topological polar surface area (TPSA) is 72.3 Å². The highest BCUT2D eigenvalue weighted by atomic mass is 16.5. The van der Waals surface area contributed by atoms with Gasteiger partial charge in [-0.3, -0.25) is 4.79 Å². The van der Waals surface area contributed by atoms with Crippen molar-refractivity contribution in [2.75, 3.05) is 24.5 Å². The van der Waals surface area contributed by atoms with E-state index in [4.69, 9.17) is 4.74 Å². The van der Waals surface area contributed by atoms with Gasteiger partial charge >= 0.3 is 0 Å². The Morgan fingerprint density at radius 3 is 2.66 bits per heavy atom. The SMILES string of the molecule is Cc1nc2ccccc2n1CCNC(=O)c1ccc(N2C[C@H](C)O[C@@H](C)C2)nc1. The monoisotopic (exact) mass is 393 g/mol. The van der Waals surface area contributed by atoms with Crippen molar-refractivity contribution in [3.8, 4) is 0 Å². The smallest absolute Gasteiger partial charge is 0.252 e. The number of aryl methyl sites for hydroxylation is 1. The van der Waals surface area contributed by atoms with Gasteiger partial charge < -0.3 is 19.5 Å². The Balaban J connectivity index is 1.36. The lowest BCUT2D eigenvalue weighted by atomic mass is 10.2. The van der Waals surface area contributed by atoms with Gasteiger partial charge in [0.2, 0.25) is 0 Å². The molecule has 0 bridgehead atoms. The fraction of sp³-hybridized carbons (Fsp3) is 0.409. The Labute approximate surface area is 170 Å². The van der Waals surface area contributed by atoms with Gasteiger partial charge in [-0.1, -0.05) is 12.1 Å². The first-order valence-corrected chi connectivity index (χ1v) is 10.1. The van der Waals surface area contributed by atoms with Crippen molar-refractivity contribution < 1.29 is 9.53 Å². The highest BCUT2D eigenvalue weighted by molar-refractivity contribution is 5.94. The third-order valence-electron chi connectivity index (χ3n) is 5.22. The quantitative estimate of drug-likeness (QED) is 0.722. The second-order valence-corrected chi connectivity index (χ2v) is 7.62. The summed E-state index contributed by atoms with van der Waals surface area (Å²) in [5, 5.41) is 2.98. The van der Waals surface area contributed by atoms with E-state index in [0.29, 0.717) is 18.7 Å². The summed E-state index contributed by atoms with van der Waals surface area (Å²) in [6, 6.07) is 11.8. The Morgan fingerprint density at radius 2 is 1.93 bits per heavy atom.